The van der Waals surface area contributed by atoms with Gasteiger partial charge in [-0.05, 0) is 44.7 Å². The maximum Gasteiger partial charge on any atom is 0.421 e. The van der Waals surface area contributed by atoms with Gasteiger partial charge in [0, 0.05) is 51.0 Å². The summed E-state index contributed by atoms with van der Waals surface area (Å²) in [4.78, 5) is 40.9. The fourth-order valence-electron chi connectivity index (χ4n) is 6.56. The van der Waals surface area contributed by atoms with E-state index >= 15 is 0 Å². The van der Waals surface area contributed by atoms with Crippen molar-refractivity contribution in [3.63, 3.8) is 0 Å². The number of piperidine rings is 1. The van der Waals surface area contributed by atoms with Crippen LogP contribution in [0.3, 0.4) is 0 Å². The van der Waals surface area contributed by atoms with Crippen molar-refractivity contribution in [2.24, 2.45) is 5.41 Å². The van der Waals surface area contributed by atoms with Crippen molar-refractivity contribution in [1.29, 1.82) is 0 Å². The molecule has 0 unspecified atom stereocenters. The number of ether oxygens (including phenoxy) is 3. The van der Waals surface area contributed by atoms with Crippen molar-refractivity contribution in [2.45, 2.75) is 51.3 Å². The number of H-pyrrole nitrogens is 1. The van der Waals surface area contributed by atoms with E-state index < -0.39 is 23.6 Å². The van der Waals surface area contributed by atoms with Gasteiger partial charge in [0.1, 0.15) is 29.2 Å². The number of rotatable bonds is 13. The van der Waals surface area contributed by atoms with Gasteiger partial charge in [0.15, 0.2) is 11.5 Å². The lowest BCUT2D eigenvalue weighted by Crippen LogP contribution is -2.44. The van der Waals surface area contributed by atoms with Crippen molar-refractivity contribution in [3.05, 3.63) is 36.3 Å². The lowest BCUT2D eigenvalue weighted by atomic mass is 9.69. The maximum absolute atomic E-state index is 14.0. The number of carboxylic acids is 1. The number of imidazole rings is 1. The van der Waals surface area contributed by atoms with Crippen molar-refractivity contribution in [1.82, 2.24) is 29.9 Å². The predicted octanol–water partition coefficient (Wildman–Crippen LogP) is 5.22. The highest BCUT2D eigenvalue weighted by Crippen LogP contribution is 2.43. The normalized spacial score (nSPS) is 16.5. The number of alkyl halides is 3. The monoisotopic (exact) mass is 684 g/mol. The summed E-state index contributed by atoms with van der Waals surface area (Å²) in [5.41, 5.74) is 1.53. The second-order valence-corrected chi connectivity index (χ2v) is 12.6. The van der Waals surface area contributed by atoms with Gasteiger partial charge < -0.3 is 34.1 Å². The Balaban J connectivity index is 1.32. The zero-order chi connectivity index (χ0) is 34.8. The van der Waals surface area contributed by atoms with Crippen LogP contribution in [0.25, 0.3) is 33.9 Å². The van der Waals surface area contributed by atoms with E-state index in [1.807, 2.05) is 7.05 Å². The number of nitrogens with zero attached hydrogens (tertiary/aromatic N) is 7. The first-order chi connectivity index (χ1) is 23.5. The number of methoxy groups -OCH3 is 1. The van der Waals surface area contributed by atoms with E-state index in [1.54, 1.807) is 32.5 Å². The van der Waals surface area contributed by atoms with Crippen LogP contribution in [-0.2, 0) is 20.4 Å². The van der Waals surface area contributed by atoms with Crippen LogP contribution in [0, 0.1) is 5.41 Å². The summed E-state index contributed by atoms with van der Waals surface area (Å²) in [6.07, 6.45) is 4.26. The minimum absolute atomic E-state index is 0.0373. The highest BCUT2D eigenvalue weighted by Gasteiger charge is 2.39. The molecule has 49 heavy (non-hydrogen) atoms. The summed E-state index contributed by atoms with van der Waals surface area (Å²) in [6, 6.07) is 2.76. The van der Waals surface area contributed by atoms with Crippen LogP contribution in [0.1, 0.15) is 44.6 Å². The van der Waals surface area contributed by atoms with Crippen molar-refractivity contribution >= 4 is 28.6 Å². The number of aromatic amines is 1. The molecule has 2 aliphatic rings. The fourth-order valence-corrected chi connectivity index (χ4v) is 6.56. The van der Waals surface area contributed by atoms with Gasteiger partial charge in [-0.25, -0.2) is 29.7 Å². The third kappa shape index (κ3) is 7.54. The van der Waals surface area contributed by atoms with Gasteiger partial charge in [-0.2, -0.15) is 13.2 Å². The van der Waals surface area contributed by atoms with Crippen LogP contribution < -0.4 is 14.5 Å². The number of anilines is 2. The Hall–Kier alpha value is -4.57. The number of aliphatic carboxylic acids is 1. The van der Waals surface area contributed by atoms with Gasteiger partial charge in [0.05, 0.1) is 43.1 Å². The summed E-state index contributed by atoms with van der Waals surface area (Å²) >= 11 is 0. The van der Waals surface area contributed by atoms with Crippen LogP contribution in [0.15, 0.2) is 30.7 Å². The summed E-state index contributed by atoms with van der Waals surface area (Å²) in [5.74, 6) is -0.393. The van der Waals surface area contributed by atoms with Gasteiger partial charge in [-0.15, -0.1) is 0 Å². The number of hydrogen-bond donors (Lipinski definition) is 2. The number of carbonyl (C=O) groups is 1. The average Bonchev–Trinajstić information content (AvgIpc) is 3.50. The topological polar surface area (TPSA) is 152 Å². The molecule has 2 N–H and O–H groups in total. The molecule has 1 aliphatic carbocycles. The molecule has 0 radical (unpaired) electrons. The Labute approximate surface area is 280 Å². The van der Waals surface area contributed by atoms with E-state index in [2.05, 4.69) is 34.7 Å². The number of hydrogen-bond acceptors (Lipinski definition) is 11. The number of carboxylic acid groups (broad SMARTS) is 1. The van der Waals surface area contributed by atoms with Gasteiger partial charge >= 0.3 is 12.1 Å². The lowest BCUT2D eigenvalue weighted by Gasteiger charge is -2.44. The van der Waals surface area contributed by atoms with Crippen LogP contribution in [-0.4, -0.2) is 101 Å². The number of fused-ring (bicyclic) bond motifs is 1. The second kappa shape index (κ2) is 14.1. The van der Waals surface area contributed by atoms with E-state index in [1.165, 1.54) is 6.20 Å². The van der Waals surface area contributed by atoms with E-state index in [-0.39, 0.29) is 36.0 Å². The highest BCUT2D eigenvalue weighted by atomic mass is 19.4. The first-order valence-corrected chi connectivity index (χ1v) is 16.2. The molecular weight excluding hydrogens is 645 g/mol. The van der Waals surface area contributed by atoms with Gasteiger partial charge in [-0.1, -0.05) is 6.42 Å². The molecule has 6 rings (SSSR count). The summed E-state index contributed by atoms with van der Waals surface area (Å²) < 4.78 is 58.2. The number of pyridine rings is 2. The Bertz CT molecular complexity index is 1770. The Morgan fingerprint density at radius 2 is 1.88 bits per heavy atom. The maximum atomic E-state index is 14.0. The van der Waals surface area contributed by atoms with E-state index in [4.69, 9.17) is 24.3 Å². The van der Waals surface area contributed by atoms with Gasteiger partial charge in [-0.3, -0.25) is 0 Å². The van der Waals surface area contributed by atoms with Crippen LogP contribution in [0.5, 0.6) is 5.88 Å². The Morgan fingerprint density at radius 3 is 2.49 bits per heavy atom. The molecule has 0 atom stereocenters. The summed E-state index contributed by atoms with van der Waals surface area (Å²) in [5, 5.41) is 8.87. The predicted molar refractivity (Wildman–Crippen MR) is 175 cm³/mol. The minimum atomic E-state index is -4.68. The molecule has 0 amide bonds. The zero-order valence-corrected chi connectivity index (χ0v) is 27.6. The Morgan fingerprint density at radius 1 is 1.10 bits per heavy atom. The Kier molecular flexibility index (Phi) is 9.88. The third-order valence-corrected chi connectivity index (χ3v) is 9.11. The molecule has 4 aromatic heterocycles. The average molecular weight is 685 g/mol. The summed E-state index contributed by atoms with van der Waals surface area (Å²) in [7, 11) is 3.63. The number of aromatic nitrogens is 6. The molecule has 0 bridgehead atoms. The molecule has 13 nitrogen and oxygen atoms in total. The van der Waals surface area contributed by atoms with E-state index in [0.29, 0.717) is 73.3 Å². The highest BCUT2D eigenvalue weighted by molar-refractivity contribution is 5.91. The molecule has 5 heterocycles. The van der Waals surface area contributed by atoms with E-state index in [0.717, 1.165) is 25.3 Å². The number of nitrogens with one attached hydrogen (secondary N) is 1. The largest absolute Gasteiger partial charge is 0.480 e. The van der Waals surface area contributed by atoms with Crippen LogP contribution >= 0.6 is 0 Å². The molecule has 4 aromatic rings. The summed E-state index contributed by atoms with van der Waals surface area (Å²) in [6.45, 7) is 3.88. The molecule has 0 spiro atoms. The first kappa shape index (κ1) is 34.3. The van der Waals surface area contributed by atoms with E-state index in [9.17, 15) is 18.0 Å². The van der Waals surface area contributed by atoms with Gasteiger partial charge in [0.2, 0.25) is 5.88 Å². The smallest absolute Gasteiger partial charge is 0.421 e. The molecule has 1 saturated carbocycles. The van der Waals surface area contributed by atoms with Gasteiger partial charge in [0.25, 0.3) is 0 Å². The standard InChI is InChI=1S/C33H39F3N8O5/c1-4-48-31-22(33(34,35)36)12-20(14-39-31)23-13-25(43(2)18-32(19-47-3)8-5-9-32)28-30(40-23)42-29(41-28)24-15-38-26(16-37-24)44-10-6-21(7-11-44)49-17-27(45)46/h12-16,21H,4-11,17-19H2,1-3H3,(H,45,46)(H,40,41,42). The number of halogens is 3. The van der Waals surface area contributed by atoms with Crippen molar-refractivity contribution in [2.75, 3.05) is 63.4 Å². The lowest BCUT2D eigenvalue weighted by molar-refractivity contribution is -0.144. The molecule has 16 heteroatoms. The van der Waals surface area contributed by atoms with Crippen molar-refractivity contribution in [3.8, 4) is 28.7 Å². The first-order valence-electron chi connectivity index (χ1n) is 16.2. The van der Waals surface area contributed by atoms with Crippen LogP contribution in [0.2, 0.25) is 0 Å². The molecule has 2 fully saturated rings. The molecule has 1 aliphatic heterocycles. The molecule has 0 aromatic carbocycles. The fraction of sp³-hybridized carbons (Fsp3) is 0.515. The zero-order valence-electron chi connectivity index (χ0n) is 27.6. The molecule has 1 saturated heterocycles. The molecule has 262 valence electrons. The van der Waals surface area contributed by atoms with Crippen molar-refractivity contribution < 1.29 is 37.3 Å². The third-order valence-electron chi connectivity index (χ3n) is 9.11. The SMILES string of the molecule is CCOc1ncc(-c2cc(N(C)CC3(COC)CCC3)c3[nH]c(-c4cnc(N5CCC(OCC(=O)O)CC5)cn4)nc3n2)cc1C(F)(F)F. The quantitative estimate of drug-likeness (QED) is 0.190. The molecular formula is C33H39F3N8O5. The second-order valence-electron chi connectivity index (χ2n) is 12.6. The minimum Gasteiger partial charge on any atom is -0.480 e. The van der Waals surface area contributed by atoms with Crippen LogP contribution in [0.4, 0.5) is 24.7 Å².